The van der Waals surface area contributed by atoms with Crippen LogP contribution in [0.1, 0.15) is 11.1 Å². The number of nitrogens with zero attached hydrogens (tertiary/aromatic N) is 1. The first kappa shape index (κ1) is 14.8. The van der Waals surface area contributed by atoms with Gasteiger partial charge in [-0.25, -0.2) is 4.79 Å². The molecule has 0 bridgehead atoms. The zero-order valence-corrected chi connectivity index (χ0v) is 11.4. The maximum Gasteiger partial charge on any atom is 0.515 e. The summed E-state index contributed by atoms with van der Waals surface area (Å²) in [6.07, 6.45) is -0.993. The number of carbonyl (C=O) groups excluding carboxylic acids is 1. The number of halogens is 1. The molecular weight excluding hydrogens is 298 g/mol. The van der Waals surface area contributed by atoms with Crippen molar-refractivity contribution < 1.29 is 19.2 Å². The topological polar surface area (TPSA) is 78.7 Å². The predicted molar refractivity (Wildman–Crippen MR) is 75.2 cm³/mol. The van der Waals surface area contributed by atoms with Crippen LogP contribution in [0.4, 0.5) is 10.5 Å². The second-order valence-electron chi connectivity index (χ2n) is 3.95. The molecule has 0 radical (unpaired) electrons. The van der Waals surface area contributed by atoms with E-state index in [0.717, 1.165) is 0 Å². The summed E-state index contributed by atoms with van der Waals surface area (Å²) in [5, 5.41) is 10.5. The van der Waals surface area contributed by atoms with Crippen LogP contribution in [0.2, 0.25) is 0 Å². The summed E-state index contributed by atoms with van der Waals surface area (Å²) in [5.74, 6) is 0.127. The summed E-state index contributed by atoms with van der Waals surface area (Å²) in [7, 11) is 0. The van der Waals surface area contributed by atoms with Crippen molar-refractivity contribution in [2.75, 3.05) is 0 Å². The smallest absolute Gasteiger partial charge is 0.410 e. The molecule has 2 aromatic carbocycles. The maximum absolute atomic E-state index is 11.6. The van der Waals surface area contributed by atoms with E-state index in [1.807, 2.05) is 6.07 Å². The van der Waals surface area contributed by atoms with E-state index in [4.69, 9.17) is 21.1 Å². The van der Waals surface area contributed by atoms with Crippen LogP contribution in [0.15, 0.2) is 54.6 Å². The highest BCUT2D eigenvalue weighted by molar-refractivity contribution is 6.20. The Hall–Kier alpha value is -2.60. The third-order valence-corrected chi connectivity index (χ3v) is 2.85. The van der Waals surface area contributed by atoms with Gasteiger partial charge in [0.1, 0.15) is 5.75 Å². The number of hydrogen-bond donors (Lipinski definition) is 0. The Balaban J connectivity index is 1.94. The van der Waals surface area contributed by atoms with Crippen molar-refractivity contribution in [3.63, 3.8) is 0 Å². The van der Waals surface area contributed by atoms with Crippen LogP contribution in [-0.4, -0.2) is 11.1 Å². The lowest BCUT2D eigenvalue weighted by molar-refractivity contribution is -0.384. The molecule has 6 nitrogen and oxygen atoms in total. The summed E-state index contributed by atoms with van der Waals surface area (Å²) in [4.78, 5) is 21.5. The second kappa shape index (κ2) is 6.71. The van der Waals surface area contributed by atoms with Gasteiger partial charge in [0.15, 0.2) is 0 Å². The van der Waals surface area contributed by atoms with Crippen molar-refractivity contribution in [2.45, 2.75) is 5.56 Å². The van der Waals surface area contributed by atoms with Crippen molar-refractivity contribution in [1.82, 2.24) is 0 Å². The average Bonchev–Trinajstić information content (AvgIpc) is 2.48. The first-order valence-electron chi connectivity index (χ1n) is 5.88. The standard InChI is InChI=1S/C14H10ClNO5/c15-13(10-4-2-1-3-5-10)21-14(17)20-12-8-6-11(7-9-12)16(18)19/h1-9,13H. The molecule has 1 unspecified atom stereocenters. The monoisotopic (exact) mass is 307 g/mol. The van der Waals surface area contributed by atoms with E-state index < -0.39 is 16.6 Å². The van der Waals surface area contributed by atoms with Gasteiger partial charge < -0.3 is 9.47 Å². The molecule has 0 aromatic heterocycles. The highest BCUT2D eigenvalue weighted by atomic mass is 35.5. The molecule has 0 saturated carbocycles. The van der Waals surface area contributed by atoms with E-state index in [2.05, 4.69) is 0 Å². The molecular formula is C14H10ClNO5. The number of non-ortho nitro benzene ring substituents is 1. The fraction of sp³-hybridized carbons (Fsp3) is 0.0714. The first-order chi connectivity index (χ1) is 10.1. The second-order valence-corrected chi connectivity index (χ2v) is 4.34. The third-order valence-electron chi connectivity index (χ3n) is 2.51. The molecule has 2 rings (SSSR count). The van der Waals surface area contributed by atoms with Gasteiger partial charge in [-0.1, -0.05) is 41.9 Å². The number of carbonyl (C=O) groups is 1. The van der Waals surface area contributed by atoms with Crippen LogP contribution in [0, 0.1) is 10.1 Å². The van der Waals surface area contributed by atoms with Gasteiger partial charge in [0, 0.05) is 17.7 Å². The Morgan fingerprint density at radius 1 is 1.10 bits per heavy atom. The van der Waals surface area contributed by atoms with Crippen molar-refractivity contribution >= 4 is 23.4 Å². The van der Waals surface area contributed by atoms with E-state index in [0.29, 0.717) is 5.56 Å². The van der Waals surface area contributed by atoms with Crippen LogP contribution in [0.25, 0.3) is 0 Å². The fourth-order valence-electron chi connectivity index (χ4n) is 1.51. The van der Waals surface area contributed by atoms with Gasteiger partial charge in [-0.15, -0.1) is 0 Å². The summed E-state index contributed by atoms with van der Waals surface area (Å²) in [5.41, 5.74) is -0.466. The van der Waals surface area contributed by atoms with E-state index in [1.165, 1.54) is 24.3 Å². The molecule has 2 aromatic rings. The molecule has 0 aliphatic heterocycles. The van der Waals surface area contributed by atoms with E-state index in [-0.39, 0.29) is 11.4 Å². The molecule has 108 valence electrons. The normalized spacial score (nSPS) is 11.5. The van der Waals surface area contributed by atoms with Crippen molar-refractivity contribution in [3.05, 3.63) is 70.3 Å². The van der Waals surface area contributed by atoms with E-state index in [9.17, 15) is 14.9 Å². The van der Waals surface area contributed by atoms with Crippen molar-refractivity contribution in [1.29, 1.82) is 0 Å². The van der Waals surface area contributed by atoms with E-state index >= 15 is 0 Å². The maximum atomic E-state index is 11.6. The fourth-order valence-corrected chi connectivity index (χ4v) is 1.73. The number of benzene rings is 2. The highest BCUT2D eigenvalue weighted by Gasteiger charge is 2.15. The average molecular weight is 308 g/mol. The molecule has 21 heavy (non-hydrogen) atoms. The Morgan fingerprint density at radius 3 is 2.29 bits per heavy atom. The number of ether oxygens (including phenoxy) is 2. The minimum Gasteiger partial charge on any atom is -0.410 e. The van der Waals surface area contributed by atoms with Crippen LogP contribution in [-0.2, 0) is 4.74 Å². The third kappa shape index (κ3) is 4.19. The van der Waals surface area contributed by atoms with Crippen LogP contribution in [0.5, 0.6) is 5.75 Å². The summed E-state index contributed by atoms with van der Waals surface area (Å²) < 4.78 is 9.76. The van der Waals surface area contributed by atoms with Gasteiger partial charge in [0.05, 0.1) is 4.92 Å². The van der Waals surface area contributed by atoms with Crippen LogP contribution < -0.4 is 4.74 Å². The van der Waals surface area contributed by atoms with Gasteiger partial charge in [-0.05, 0) is 12.1 Å². The highest BCUT2D eigenvalue weighted by Crippen LogP contribution is 2.23. The minimum atomic E-state index is -0.993. The zero-order valence-electron chi connectivity index (χ0n) is 10.6. The summed E-state index contributed by atoms with van der Waals surface area (Å²) >= 11 is 5.92. The molecule has 7 heteroatoms. The predicted octanol–water partition coefficient (Wildman–Crippen LogP) is 4.05. The number of alkyl halides is 1. The summed E-state index contributed by atoms with van der Waals surface area (Å²) in [6, 6.07) is 13.8. The Bertz CT molecular complexity index is 630. The Morgan fingerprint density at radius 2 is 1.71 bits per heavy atom. The molecule has 0 fully saturated rings. The number of nitro groups is 1. The Labute approximate surface area is 125 Å². The summed E-state index contributed by atoms with van der Waals surface area (Å²) in [6.45, 7) is 0. The zero-order chi connectivity index (χ0) is 15.2. The quantitative estimate of drug-likeness (QED) is 0.280. The lowest BCUT2D eigenvalue weighted by atomic mass is 10.2. The number of hydrogen-bond acceptors (Lipinski definition) is 5. The van der Waals surface area contributed by atoms with Gasteiger partial charge in [0.2, 0.25) is 5.56 Å². The molecule has 0 saturated heterocycles. The van der Waals surface area contributed by atoms with Gasteiger partial charge in [-0.3, -0.25) is 10.1 Å². The van der Waals surface area contributed by atoms with Gasteiger partial charge in [0.25, 0.3) is 5.69 Å². The lowest BCUT2D eigenvalue weighted by Crippen LogP contribution is -2.12. The molecule has 0 aliphatic rings. The van der Waals surface area contributed by atoms with Crippen LogP contribution in [0.3, 0.4) is 0 Å². The van der Waals surface area contributed by atoms with Gasteiger partial charge >= 0.3 is 6.16 Å². The van der Waals surface area contributed by atoms with E-state index in [1.54, 1.807) is 24.3 Å². The number of nitro benzene ring substituents is 1. The van der Waals surface area contributed by atoms with Crippen LogP contribution >= 0.6 is 11.6 Å². The molecule has 0 aliphatic carbocycles. The van der Waals surface area contributed by atoms with Crippen molar-refractivity contribution in [3.8, 4) is 5.75 Å². The molecule has 0 amide bonds. The molecule has 1 atom stereocenters. The molecule has 0 spiro atoms. The lowest BCUT2D eigenvalue weighted by Gasteiger charge is -2.11. The largest absolute Gasteiger partial charge is 0.515 e. The minimum absolute atomic E-state index is 0.102. The Kier molecular flexibility index (Phi) is 4.73. The molecule has 0 N–H and O–H groups in total. The van der Waals surface area contributed by atoms with Gasteiger partial charge in [-0.2, -0.15) is 0 Å². The SMILES string of the molecule is O=C(Oc1ccc([N+](=O)[O-])cc1)OC(Cl)c1ccccc1. The number of rotatable bonds is 4. The molecule has 0 heterocycles. The van der Waals surface area contributed by atoms with Crippen molar-refractivity contribution in [2.24, 2.45) is 0 Å². The first-order valence-corrected chi connectivity index (χ1v) is 6.32.